The van der Waals surface area contributed by atoms with Crippen molar-refractivity contribution in [2.45, 2.75) is 0 Å². The highest BCUT2D eigenvalue weighted by atomic mass is 32.2. The molecule has 0 atom stereocenters. The summed E-state index contributed by atoms with van der Waals surface area (Å²) in [6.07, 6.45) is 3.56. The molecule has 0 unspecified atom stereocenters. The van der Waals surface area contributed by atoms with Crippen molar-refractivity contribution < 1.29 is 14.7 Å². The number of amides is 1. The van der Waals surface area contributed by atoms with Crippen molar-refractivity contribution in [2.75, 3.05) is 25.9 Å². The predicted molar refractivity (Wildman–Crippen MR) is 78.2 cm³/mol. The third-order valence-electron chi connectivity index (χ3n) is 2.59. The van der Waals surface area contributed by atoms with E-state index in [-0.39, 0.29) is 10.2 Å². The number of rotatable bonds is 3. The van der Waals surface area contributed by atoms with Crippen LogP contribution in [0.15, 0.2) is 22.1 Å². The van der Waals surface area contributed by atoms with Gasteiger partial charge in [0.25, 0.3) is 5.91 Å². The molecule has 2 aliphatic heterocycles. The molecule has 0 N–H and O–H groups in total. The van der Waals surface area contributed by atoms with Gasteiger partial charge in [0, 0.05) is 19.3 Å². The molecule has 0 aromatic carbocycles. The topological polar surface area (TPSA) is 63.7 Å². The van der Waals surface area contributed by atoms with Crippen molar-refractivity contribution in [2.24, 2.45) is 0 Å². The summed E-state index contributed by atoms with van der Waals surface area (Å²) in [6.45, 7) is 0.489. The molecule has 2 saturated heterocycles. The Labute approximate surface area is 124 Å². The molecular weight excluding hydrogens is 304 g/mol. The third kappa shape index (κ3) is 3.31. The molecule has 0 aromatic heterocycles. The highest BCUT2D eigenvalue weighted by Gasteiger charge is 2.31. The number of carbonyl (C=O) groups is 2. The Hall–Kier alpha value is -0.990. The van der Waals surface area contributed by atoms with Gasteiger partial charge >= 0.3 is 0 Å². The molecule has 0 aliphatic carbocycles. The maximum Gasteiger partial charge on any atom is 0.266 e. The Morgan fingerprint density at radius 2 is 2.26 bits per heavy atom. The standard InChI is InChI=1S/C11H12N2O3S3/c1-12-4-5-18-8(12)3-2-7-10(16)13(6-9(14)15)11(17)19-7/h2-3H,4-6H2,1H3,(H,14,15)/p-1/b7-2-,8-3-. The lowest BCUT2D eigenvalue weighted by Crippen LogP contribution is -2.40. The van der Waals surface area contributed by atoms with E-state index in [1.54, 1.807) is 17.8 Å². The van der Waals surface area contributed by atoms with Gasteiger partial charge in [-0.25, -0.2) is 0 Å². The van der Waals surface area contributed by atoms with E-state index in [0.29, 0.717) is 4.91 Å². The Balaban J connectivity index is 2.12. The van der Waals surface area contributed by atoms with Crippen LogP contribution in [0.3, 0.4) is 0 Å². The Bertz CT molecular complexity index is 501. The number of aliphatic carboxylic acids is 1. The fourth-order valence-corrected chi connectivity index (χ4v) is 3.86. The summed E-state index contributed by atoms with van der Waals surface area (Å²) >= 11 is 7.82. The van der Waals surface area contributed by atoms with Crippen molar-refractivity contribution in [1.82, 2.24) is 9.80 Å². The number of thioether (sulfide) groups is 2. The van der Waals surface area contributed by atoms with Gasteiger partial charge in [-0.1, -0.05) is 24.0 Å². The molecule has 2 rings (SSSR count). The van der Waals surface area contributed by atoms with Crippen LogP contribution < -0.4 is 5.11 Å². The maximum absolute atomic E-state index is 11.9. The number of nitrogens with zero attached hydrogens (tertiary/aromatic N) is 2. The molecule has 102 valence electrons. The van der Waals surface area contributed by atoms with Crippen LogP contribution in [-0.2, 0) is 9.59 Å². The van der Waals surface area contributed by atoms with E-state index in [2.05, 4.69) is 4.90 Å². The SMILES string of the molecule is CN1CCS/C1=C\C=C1/SC(=S)N(CC(=O)[O-])C1=O. The summed E-state index contributed by atoms with van der Waals surface area (Å²) in [7, 11) is 1.99. The van der Waals surface area contributed by atoms with E-state index in [1.807, 2.05) is 13.1 Å². The molecule has 0 spiro atoms. The zero-order valence-electron chi connectivity index (χ0n) is 10.1. The number of allylic oxidation sites excluding steroid dienone is 2. The Morgan fingerprint density at radius 1 is 1.53 bits per heavy atom. The molecule has 1 amide bonds. The van der Waals surface area contributed by atoms with Gasteiger partial charge in [-0.15, -0.1) is 11.8 Å². The second-order valence-electron chi connectivity index (χ2n) is 3.94. The van der Waals surface area contributed by atoms with E-state index in [1.165, 1.54) is 0 Å². The van der Waals surface area contributed by atoms with Crippen molar-refractivity contribution in [3.63, 3.8) is 0 Å². The van der Waals surface area contributed by atoms with Gasteiger partial charge in [-0.05, 0) is 12.2 Å². The molecule has 0 bridgehead atoms. The average molecular weight is 315 g/mol. The molecule has 0 saturated carbocycles. The molecule has 5 nitrogen and oxygen atoms in total. The smallest absolute Gasteiger partial charge is 0.266 e. The molecule has 2 heterocycles. The summed E-state index contributed by atoms with van der Waals surface area (Å²) in [4.78, 5) is 26.1. The van der Waals surface area contributed by atoms with Crippen LogP contribution in [-0.4, -0.2) is 51.9 Å². The predicted octanol–water partition coefficient (Wildman–Crippen LogP) is 0.000500. The van der Waals surface area contributed by atoms with Gasteiger partial charge in [0.05, 0.1) is 22.4 Å². The summed E-state index contributed by atoms with van der Waals surface area (Å²) < 4.78 is 0.256. The van der Waals surface area contributed by atoms with E-state index in [0.717, 1.165) is 34.0 Å². The summed E-state index contributed by atoms with van der Waals surface area (Å²) in [6, 6.07) is 0. The van der Waals surface area contributed by atoms with Crippen molar-refractivity contribution >= 4 is 51.9 Å². The molecule has 8 heteroatoms. The van der Waals surface area contributed by atoms with Crippen LogP contribution in [0.1, 0.15) is 0 Å². The summed E-state index contributed by atoms with van der Waals surface area (Å²) in [5.74, 6) is -0.661. The van der Waals surface area contributed by atoms with Gasteiger partial charge in [0.1, 0.15) is 4.32 Å². The Kier molecular flexibility index (Phi) is 4.54. The first kappa shape index (κ1) is 14.4. The van der Waals surface area contributed by atoms with Gasteiger partial charge < -0.3 is 14.8 Å². The van der Waals surface area contributed by atoms with Crippen LogP contribution >= 0.6 is 35.7 Å². The summed E-state index contributed by atoms with van der Waals surface area (Å²) in [5.41, 5.74) is 0. The fraction of sp³-hybridized carbons (Fsp3) is 0.364. The third-order valence-corrected chi connectivity index (χ3v) is 5.12. The van der Waals surface area contributed by atoms with Crippen LogP contribution in [0, 0.1) is 0 Å². The van der Waals surface area contributed by atoms with E-state index in [4.69, 9.17) is 12.2 Å². The highest BCUT2D eigenvalue weighted by Crippen LogP contribution is 2.32. The first-order valence-electron chi connectivity index (χ1n) is 5.48. The fourth-order valence-electron chi connectivity index (χ4n) is 1.61. The van der Waals surface area contributed by atoms with Crippen molar-refractivity contribution in [3.05, 3.63) is 22.1 Å². The second kappa shape index (κ2) is 5.98. The zero-order valence-corrected chi connectivity index (χ0v) is 12.6. The highest BCUT2D eigenvalue weighted by molar-refractivity contribution is 8.26. The number of thiocarbonyl (C=S) groups is 1. The molecule has 2 aliphatic rings. The largest absolute Gasteiger partial charge is 0.548 e. The molecule has 19 heavy (non-hydrogen) atoms. The Morgan fingerprint density at radius 3 is 2.84 bits per heavy atom. The lowest BCUT2D eigenvalue weighted by Gasteiger charge is -2.14. The van der Waals surface area contributed by atoms with Crippen LogP contribution in [0.25, 0.3) is 0 Å². The lowest BCUT2D eigenvalue weighted by molar-refractivity contribution is -0.305. The number of carboxylic acids is 1. The quantitative estimate of drug-likeness (QED) is 0.536. The summed E-state index contributed by atoms with van der Waals surface area (Å²) in [5, 5.41) is 11.6. The van der Waals surface area contributed by atoms with Crippen molar-refractivity contribution in [3.8, 4) is 0 Å². The molecule has 0 radical (unpaired) electrons. The van der Waals surface area contributed by atoms with Gasteiger partial charge in [-0.2, -0.15) is 0 Å². The second-order valence-corrected chi connectivity index (χ2v) is 6.73. The number of hydrogen-bond acceptors (Lipinski definition) is 7. The zero-order chi connectivity index (χ0) is 14.0. The van der Waals surface area contributed by atoms with Gasteiger partial charge in [0.2, 0.25) is 0 Å². The van der Waals surface area contributed by atoms with Crippen LogP contribution in [0.5, 0.6) is 0 Å². The number of carbonyl (C=O) groups excluding carboxylic acids is 2. The number of hydrogen-bond donors (Lipinski definition) is 0. The normalized spacial score (nSPS) is 24.1. The minimum Gasteiger partial charge on any atom is -0.548 e. The van der Waals surface area contributed by atoms with E-state index < -0.39 is 12.5 Å². The van der Waals surface area contributed by atoms with Crippen molar-refractivity contribution in [1.29, 1.82) is 0 Å². The minimum atomic E-state index is -1.32. The molecular formula is C11H11N2O3S3-. The minimum absolute atomic E-state index is 0.256. The van der Waals surface area contributed by atoms with Crippen LogP contribution in [0.4, 0.5) is 0 Å². The van der Waals surface area contributed by atoms with Gasteiger partial charge in [0.15, 0.2) is 0 Å². The molecule has 0 aromatic rings. The van der Waals surface area contributed by atoms with E-state index >= 15 is 0 Å². The lowest BCUT2D eigenvalue weighted by atomic mass is 10.4. The molecule has 2 fully saturated rings. The number of carboxylic acid groups (broad SMARTS) is 1. The van der Waals surface area contributed by atoms with E-state index in [9.17, 15) is 14.7 Å². The first-order valence-corrected chi connectivity index (χ1v) is 7.69. The van der Waals surface area contributed by atoms with Gasteiger partial charge in [-0.3, -0.25) is 9.69 Å². The average Bonchev–Trinajstić information content (AvgIpc) is 2.85. The maximum atomic E-state index is 11.9. The monoisotopic (exact) mass is 315 g/mol. The van der Waals surface area contributed by atoms with Crippen LogP contribution in [0.2, 0.25) is 0 Å². The first-order chi connectivity index (χ1) is 8.99.